The number of fused-ring (bicyclic) bond motifs is 3. The SMILES string of the molecule is COC(=O)COc1cc(F)c2c(c1)CCC2Nc1nc2c(cc1Cl)nc(O[C@@H]1CO[C@@H]3C(O[Si](C)(C)C(C)(C)C)CO[C@@H]31)n2COCC[Si](C)(C)C. The van der Waals surface area contributed by atoms with Crippen molar-refractivity contribution in [2.45, 2.75) is 115 Å². The summed E-state index contributed by atoms with van der Waals surface area (Å²) >= 11 is 6.79. The lowest BCUT2D eigenvalue weighted by atomic mass is 10.1. The number of nitrogens with one attached hydrogen (secondary N) is 1. The molecule has 3 aliphatic rings. The molecule has 286 valence electrons. The van der Waals surface area contributed by atoms with Crippen LogP contribution in [0.5, 0.6) is 11.8 Å². The fraction of sp³-hybridized carbons (Fsp3) is 0.639. The van der Waals surface area contributed by atoms with Gasteiger partial charge in [-0.15, -0.1) is 0 Å². The Morgan fingerprint density at radius 1 is 1.08 bits per heavy atom. The Kier molecular flexibility index (Phi) is 11.3. The predicted molar refractivity (Wildman–Crippen MR) is 201 cm³/mol. The van der Waals surface area contributed by atoms with Crippen LogP contribution in [0.4, 0.5) is 10.2 Å². The Morgan fingerprint density at radius 2 is 1.79 bits per heavy atom. The molecule has 16 heteroatoms. The van der Waals surface area contributed by atoms with Crippen molar-refractivity contribution in [1.29, 1.82) is 0 Å². The van der Waals surface area contributed by atoms with E-state index in [1.807, 2.05) is 0 Å². The number of ether oxygens (including phenoxy) is 6. The molecule has 1 N–H and O–H groups in total. The van der Waals surface area contributed by atoms with E-state index in [9.17, 15) is 4.79 Å². The molecule has 0 spiro atoms. The minimum atomic E-state index is -2.05. The van der Waals surface area contributed by atoms with Crippen LogP contribution >= 0.6 is 11.6 Å². The van der Waals surface area contributed by atoms with Gasteiger partial charge in [0.25, 0.3) is 0 Å². The molecule has 0 amide bonds. The Morgan fingerprint density at radius 3 is 2.48 bits per heavy atom. The molecular formula is C36H52ClFN4O8Si2. The van der Waals surface area contributed by atoms with Crippen molar-refractivity contribution >= 4 is 50.9 Å². The second-order valence-electron chi connectivity index (χ2n) is 16.6. The lowest BCUT2D eigenvalue weighted by molar-refractivity contribution is -0.142. The zero-order valence-electron chi connectivity index (χ0n) is 31.6. The highest BCUT2D eigenvalue weighted by Gasteiger charge is 2.52. The number of imidazole rings is 1. The summed E-state index contributed by atoms with van der Waals surface area (Å²) in [6.07, 6.45) is 0.0903. The first kappa shape index (κ1) is 38.9. The van der Waals surface area contributed by atoms with Crippen molar-refractivity contribution in [3.05, 3.63) is 40.2 Å². The van der Waals surface area contributed by atoms with E-state index in [4.69, 9.17) is 49.7 Å². The second-order valence-corrected chi connectivity index (χ2v) is 27.4. The Bertz CT molecular complexity index is 1780. The number of aryl methyl sites for hydroxylation is 1. The fourth-order valence-electron chi connectivity index (χ4n) is 6.45. The quantitative estimate of drug-likeness (QED) is 0.102. The maximum Gasteiger partial charge on any atom is 0.343 e. The first-order valence-electron chi connectivity index (χ1n) is 17.9. The van der Waals surface area contributed by atoms with Gasteiger partial charge in [-0.2, -0.15) is 4.98 Å². The molecule has 4 heterocycles. The number of anilines is 1. The highest BCUT2D eigenvalue weighted by Crippen LogP contribution is 2.42. The van der Waals surface area contributed by atoms with Crippen molar-refractivity contribution in [1.82, 2.24) is 14.5 Å². The van der Waals surface area contributed by atoms with Crippen molar-refractivity contribution in [2.24, 2.45) is 0 Å². The minimum Gasteiger partial charge on any atom is -0.482 e. The number of carbonyl (C=O) groups is 1. The first-order valence-corrected chi connectivity index (χ1v) is 24.9. The van der Waals surface area contributed by atoms with Crippen LogP contribution in [0.25, 0.3) is 11.2 Å². The van der Waals surface area contributed by atoms with E-state index < -0.39 is 34.3 Å². The van der Waals surface area contributed by atoms with E-state index in [2.05, 4.69) is 63.6 Å². The zero-order valence-corrected chi connectivity index (χ0v) is 34.4. The molecule has 2 aromatic heterocycles. The van der Waals surface area contributed by atoms with E-state index in [0.717, 1.165) is 11.6 Å². The number of methoxy groups -OCH3 is 1. The number of hydrogen-bond donors (Lipinski definition) is 1. The van der Waals surface area contributed by atoms with Crippen LogP contribution < -0.4 is 14.8 Å². The molecule has 1 aromatic carbocycles. The maximum absolute atomic E-state index is 15.5. The summed E-state index contributed by atoms with van der Waals surface area (Å²) in [5.41, 5.74) is 2.35. The number of halogens is 2. The molecule has 6 rings (SSSR count). The molecule has 2 saturated heterocycles. The summed E-state index contributed by atoms with van der Waals surface area (Å²) < 4.78 is 59.3. The molecule has 0 bridgehead atoms. The third-order valence-corrected chi connectivity index (χ3v) is 17.0. The number of pyridine rings is 1. The highest BCUT2D eigenvalue weighted by atomic mass is 35.5. The summed E-state index contributed by atoms with van der Waals surface area (Å²) in [5, 5.41) is 3.77. The third kappa shape index (κ3) is 8.45. The van der Waals surface area contributed by atoms with Crippen molar-refractivity contribution in [2.75, 3.05) is 38.9 Å². The van der Waals surface area contributed by atoms with Gasteiger partial charge in [0.05, 0.1) is 37.5 Å². The van der Waals surface area contributed by atoms with Gasteiger partial charge in [0.1, 0.15) is 41.8 Å². The number of rotatable bonds is 14. The summed E-state index contributed by atoms with van der Waals surface area (Å²) in [6, 6.07) is 5.70. The summed E-state index contributed by atoms with van der Waals surface area (Å²) in [4.78, 5) is 21.2. The molecule has 1 aliphatic carbocycles. The second kappa shape index (κ2) is 15.1. The van der Waals surface area contributed by atoms with Crippen LogP contribution in [0, 0.1) is 5.82 Å². The Labute approximate surface area is 312 Å². The van der Waals surface area contributed by atoms with E-state index in [-0.39, 0.29) is 48.5 Å². The lowest BCUT2D eigenvalue weighted by Gasteiger charge is -2.39. The number of carbonyl (C=O) groups excluding carboxylic acids is 1. The van der Waals surface area contributed by atoms with Crippen LogP contribution in [-0.4, -0.2) is 94.8 Å². The van der Waals surface area contributed by atoms with Crippen LogP contribution in [-0.2, 0) is 41.3 Å². The average molecular weight is 779 g/mol. The normalized spacial score (nSPS) is 23.2. The van der Waals surface area contributed by atoms with E-state index in [1.54, 1.807) is 16.7 Å². The van der Waals surface area contributed by atoms with Crippen LogP contribution in [0.1, 0.15) is 44.4 Å². The average Bonchev–Trinajstić information content (AvgIpc) is 3.82. The molecular weight excluding hydrogens is 727 g/mol. The van der Waals surface area contributed by atoms with Crippen molar-refractivity contribution < 1.29 is 42.0 Å². The van der Waals surface area contributed by atoms with Crippen LogP contribution in [0.2, 0.25) is 48.8 Å². The van der Waals surface area contributed by atoms with Crippen LogP contribution in [0.3, 0.4) is 0 Å². The summed E-state index contributed by atoms with van der Waals surface area (Å²) in [5.74, 6) is -0.324. The van der Waals surface area contributed by atoms with Gasteiger partial charge in [-0.05, 0) is 54.7 Å². The van der Waals surface area contributed by atoms with E-state index in [0.29, 0.717) is 66.2 Å². The van der Waals surface area contributed by atoms with E-state index >= 15 is 4.39 Å². The molecule has 3 aromatic rings. The van der Waals surface area contributed by atoms with Gasteiger partial charge < -0.3 is 38.2 Å². The summed E-state index contributed by atoms with van der Waals surface area (Å²) in [6.45, 7) is 19.3. The molecule has 0 saturated carbocycles. The van der Waals surface area contributed by atoms with Gasteiger partial charge in [0, 0.05) is 26.3 Å². The van der Waals surface area contributed by atoms with Gasteiger partial charge in [0.2, 0.25) is 0 Å². The number of nitrogens with zero attached hydrogens (tertiary/aromatic N) is 3. The summed E-state index contributed by atoms with van der Waals surface area (Å²) in [7, 11) is -2.11. The third-order valence-electron chi connectivity index (χ3n) is 10.5. The Hall–Kier alpha value is -2.80. The minimum absolute atomic E-state index is 0.0580. The smallest absolute Gasteiger partial charge is 0.343 e. The Balaban J connectivity index is 1.23. The van der Waals surface area contributed by atoms with Gasteiger partial charge >= 0.3 is 12.0 Å². The standard InChI is InChI=1S/C36H52ClFN4O8Si2/c1-36(2,3)52(8,9)50-28-18-48-31-27(17-47-32(28)31)49-35-40-26-16-23(37)33(41-34(26)42(35)20-45-12-13-51(5,6)7)39-25-11-10-21-14-22(15-24(38)30(21)25)46-19-29(43)44-4/h14-16,25,27-28,31-32H,10-13,17-20H2,1-9H3,(H,39,41)/t25?,27-,28?,31-,32-/m1/s1. The van der Waals surface area contributed by atoms with Gasteiger partial charge in [-0.1, -0.05) is 52.0 Å². The van der Waals surface area contributed by atoms with Crippen LogP contribution in [0.15, 0.2) is 18.2 Å². The molecule has 12 nitrogen and oxygen atoms in total. The molecule has 2 fully saturated rings. The predicted octanol–water partition coefficient (Wildman–Crippen LogP) is 7.12. The van der Waals surface area contributed by atoms with Gasteiger partial charge in [-0.25, -0.2) is 14.2 Å². The molecule has 52 heavy (non-hydrogen) atoms. The number of hydrogen-bond acceptors (Lipinski definition) is 11. The largest absolute Gasteiger partial charge is 0.482 e. The number of esters is 1. The van der Waals surface area contributed by atoms with Crippen molar-refractivity contribution in [3.8, 4) is 11.8 Å². The highest BCUT2D eigenvalue weighted by molar-refractivity contribution is 6.76. The first-order chi connectivity index (χ1) is 24.4. The van der Waals surface area contributed by atoms with Crippen molar-refractivity contribution in [3.63, 3.8) is 0 Å². The number of aromatic nitrogens is 3. The number of benzene rings is 1. The molecule has 0 radical (unpaired) electrons. The fourth-order valence-corrected chi connectivity index (χ4v) is 8.72. The molecule has 5 atom stereocenters. The maximum atomic E-state index is 15.5. The van der Waals surface area contributed by atoms with Gasteiger partial charge in [-0.3, -0.25) is 4.57 Å². The molecule has 2 aliphatic heterocycles. The zero-order chi connectivity index (χ0) is 37.6. The topological polar surface area (TPSA) is 124 Å². The molecule has 2 unspecified atom stereocenters. The lowest BCUT2D eigenvalue weighted by Crippen LogP contribution is -2.47. The van der Waals surface area contributed by atoms with E-state index in [1.165, 1.54) is 13.2 Å². The monoisotopic (exact) mass is 778 g/mol. The van der Waals surface area contributed by atoms with Gasteiger partial charge in [0.15, 0.2) is 26.7 Å².